The average molecular weight is 216 g/mol. The lowest BCUT2D eigenvalue weighted by Crippen LogP contribution is -2.35. The Kier molecular flexibility index (Phi) is 1.91. The second-order valence-electron chi connectivity index (χ2n) is 4.67. The van der Waals surface area contributed by atoms with E-state index in [-0.39, 0.29) is 5.25 Å². The van der Waals surface area contributed by atoms with Crippen LogP contribution in [-0.2, 0) is 10.0 Å². The molecule has 0 bridgehead atoms. The van der Waals surface area contributed by atoms with Gasteiger partial charge in [-0.25, -0.2) is 8.42 Å². The van der Waals surface area contributed by atoms with Crippen molar-refractivity contribution in [3.63, 3.8) is 0 Å². The van der Waals surface area contributed by atoms with Crippen molar-refractivity contribution in [3.8, 4) is 0 Å². The van der Waals surface area contributed by atoms with Gasteiger partial charge >= 0.3 is 0 Å². The Labute approximate surface area is 84.7 Å². The van der Waals surface area contributed by atoms with E-state index in [2.05, 4.69) is 5.32 Å². The first-order chi connectivity index (χ1) is 6.68. The van der Waals surface area contributed by atoms with E-state index in [0.717, 1.165) is 32.4 Å². The van der Waals surface area contributed by atoms with Crippen LogP contribution < -0.4 is 5.32 Å². The quantitative estimate of drug-likeness (QED) is 0.694. The van der Waals surface area contributed by atoms with Gasteiger partial charge in [-0.3, -0.25) is 0 Å². The molecule has 5 heteroatoms. The van der Waals surface area contributed by atoms with E-state index in [1.165, 1.54) is 0 Å². The number of rotatable bonds is 2. The van der Waals surface area contributed by atoms with Gasteiger partial charge in [-0.05, 0) is 31.7 Å². The lowest BCUT2D eigenvalue weighted by molar-refractivity contribution is 0.447. The highest BCUT2D eigenvalue weighted by molar-refractivity contribution is 7.90. The van der Waals surface area contributed by atoms with E-state index >= 15 is 0 Å². The number of hydrogen-bond acceptors (Lipinski definition) is 3. The fraction of sp³-hybridized carbons (Fsp3) is 1.00. The van der Waals surface area contributed by atoms with Crippen LogP contribution in [0.15, 0.2) is 0 Å². The monoisotopic (exact) mass is 216 g/mol. The molecule has 14 heavy (non-hydrogen) atoms. The molecule has 0 aromatic heterocycles. The highest BCUT2D eigenvalue weighted by atomic mass is 32.2. The van der Waals surface area contributed by atoms with E-state index < -0.39 is 10.0 Å². The van der Waals surface area contributed by atoms with Crippen LogP contribution in [0.2, 0.25) is 0 Å². The molecule has 80 valence electrons. The molecule has 1 aliphatic carbocycles. The van der Waals surface area contributed by atoms with Crippen LogP contribution in [0.3, 0.4) is 0 Å². The minimum absolute atomic E-state index is 0.0404. The van der Waals surface area contributed by atoms with Gasteiger partial charge in [-0.15, -0.1) is 0 Å². The first-order valence-electron chi connectivity index (χ1n) is 5.40. The van der Waals surface area contributed by atoms with Crippen molar-refractivity contribution in [2.75, 3.05) is 19.6 Å². The molecule has 2 aliphatic heterocycles. The lowest BCUT2D eigenvalue weighted by Gasteiger charge is -2.16. The summed E-state index contributed by atoms with van der Waals surface area (Å²) in [6.07, 6.45) is 2.89. The van der Waals surface area contributed by atoms with Crippen molar-refractivity contribution in [2.24, 2.45) is 5.92 Å². The number of fused-ring (bicyclic) bond motifs is 1. The van der Waals surface area contributed by atoms with Crippen LogP contribution in [-0.4, -0.2) is 43.6 Å². The third-order valence-electron chi connectivity index (χ3n) is 3.63. The fourth-order valence-corrected chi connectivity index (χ4v) is 4.52. The topological polar surface area (TPSA) is 49.4 Å². The number of sulfonamides is 1. The molecular formula is C9H16N2O2S. The Balaban J connectivity index is 1.76. The van der Waals surface area contributed by atoms with Gasteiger partial charge in [0.2, 0.25) is 10.0 Å². The first kappa shape index (κ1) is 9.12. The van der Waals surface area contributed by atoms with Gasteiger partial charge in [0.25, 0.3) is 0 Å². The molecular weight excluding hydrogens is 200 g/mol. The maximum absolute atomic E-state index is 11.9. The normalized spacial score (nSPS) is 38.9. The van der Waals surface area contributed by atoms with Crippen LogP contribution >= 0.6 is 0 Å². The fourth-order valence-electron chi connectivity index (χ4n) is 2.59. The zero-order chi connectivity index (χ0) is 9.76. The Morgan fingerprint density at radius 1 is 1.14 bits per heavy atom. The van der Waals surface area contributed by atoms with Gasteiger partial charge in [0.05, 0.1) is 5.25 Å². The van der Waals surface area contributed by atoms with Crippen molar-refractivity contribution in [2.45, 2.75) is 30.6 Å². The van der Waals surface area contributed by atoms with Crippen LogP contribution in [0, 0.1) is 5.92 Å². The third kappa shape index (κ3) is 1.30. The molecule has 3 rings (SSSR count). The Morgan fingerprint density at radius 2 is 1.93 bits per heavy atom. The molecule has 2 heterocycles. The standard InChI is InChI=1S/C9H16N2O2S/c12-14(13,8-1-2-8)11-5-7-3-4-10-9(7)6-11/h7-10H,1-6H2/t7-,9+/m0/s1. The summed E-state index contributed by atoms with van der Waals surface area (Å²) >= 11 is 0. The summed E-state index contributed by atoms with van der Waals surface area (Å²) in [6, 6.07) is 0.434. The molecule has 4 nitrogen and oxygen atoms in total. The second-order valence-corrected chi connectivity index (χ2v) is 6.88. The summed E-state index contributed by atoms with van der Waals surface area (Å²) in [4.78, 5) is 0. The summed E-state index contributed by atoms with van der Waals surface area (Å²) in [6.45, 7) is 2.53. The smallest absolute Gasteiger partial charge is 0.217 e. The summed E-state index contributed by atoms with van der Waals surface area (Å²) in [5.74, 6) is 0.573. The molecule has 0 unspecified atom stereocenters. The highest BCUT2D eigenvalue weighted by Crippen LogP contribution is 2.35. The largest absolute Gasteiger partial charge is 0.312 e. The molecule has 3 fully saturated rings. The molecule has 0 spiro atoms. The molecule has 3 aliphatic rings. The maximum atomic E-state index is 11.9. The third-order valence-corrected chi connectivity index (χ3v) is 5.97. The minimum Gasteiger partial charge on any atom is -0.312 e. The van der Waals surface area contributed by atoms with E-state index in [4.69, 9.17) is 0 Å². The molecule has 0 aromatic rings. The number of hydrogen-bond donors (Lipinski definition) is 1. The SMILES string of the molecule is O=S(=O)(C1CC1)N1C[C@@H]2CCN[C@@H]2C1. The van der Waals surface area contributed by atoms with Crippen molar-refractivity contribution in [1.29, 1.82) is 0 Å². The Morgan fingerprint density at radius 3 is 2.57 bits per heavy atom. The second kappa shape index (κ2) is 2.93. The van der Waals surface area contributed by atoms with Gasteiger partial charge in [0.15, 0.2) is 0 Å². The highest BCUT2D eigenvalue weighted by Gasteiger charge is 2.46. The summed E-state index contributed by atoms with van der Waals surface area (Å²) < 4.78 is 25.6. The van der Waals surface area contributed by atoms with Gasteiger partial charge in [0.1, 0.15) is 0 Å². The molecule has 0 aromatic carbocycles. The zero-order valence-corrected chi connectivity index (χ0v) is 8.96. The Hall–Kier alpha value is -0.130. The van der Waals surface area contributed by atoms with Crippen LogP contribution in [0.25, 0.3) is 0 Å². The Bertz CT molecular complexity index is 325. The molecule has 0 radical (unpaired) electrons. The minimum atomic E-state index is -2.91. The summed E-state index contributed by atoms with van der Waals surface area (Å²) in [5, 5.41) is 3.33. The number of nitrogens with one attached hydrogen (secondary N) is 1. The van der Waals surface area contributed by atoms with E-state index in [9.17, 15) is 8.42 Å². The molecule has 2 saturated heterocycles. The predicted molar refractivity (Wildman–Crippen MR) is 53.4 cm³/mol. The molecule has 1 N–H and O–H groups in total. The van der Waals surface area contributed by atoms with Crippen molar-refractivity contribution < 1.29 is 8.42 Å². The maximum Gasteiger partial charge on any atom is 0.217 e. The van der Waals surface area contributed by atoms with Gasteiger partial charge < -0.3 is 5.32 Å². The van der Waals surface area contributed by atoms with Crippen molar-refractivity contribution in [1.82, 2.24) is 9.62 Å². The summed E-state index contributed by atoms with van der Waals surface area (Å²) in [5.41, 5.74) is 0. The van der Waals surface area contributed by atoms with Crippen LogP contribution in [0.4, 0.5) is 0 Å². The van der Waals surface area contributed by atoms with E-state index in [0.29, 0.717) is 18.5 Å². The first-order valence-corrected chi connectivity index (χ1v) is 6.90. The molecule has 2 atom stereocenters. The van der Waals surface area contributed by atoms with E-state index in [1.54, 1.807) is 4.31 Å². The van der Waals surface area contributed by atoms with Crippen LogP contribution in [0.5, 0.6) is 0 Å². The predicted octanol–water partition coefficient (Wildman–Crippen LogP) is -0.228. The lowest BCUT2D eigenvalue weighted by atomic mass is 10.1. The van der Waals surface area contributed by atoms with Gasteiger partial charge in [0, 0.05) is 19.1 Å². The van der Waals surface area contributed by atoms with Crippen molar-refractivity contribution in [3.05, 3.63) is 0 Å². The van der Waals surface area contributed by atoms with Crippen molar-refractivity contribution >= 4 is 10.0 Å². The van der Waals surface area contributed by atoms with Gasteiger partial charge in [-0.2, -0.15) is 4.31 Å². The van der Waals surface area contributed by atoms with Crippen LogP contribution in [0.1, 0.15) is 19.3 Å². The molecule has 0 amide bonds. The zero-order valence-electron chi connectivity index (χ0n) is 8.15. The summed E-state index contributed by atoms with van der Waals surface area (Å²) in [7, 11) is -2.91. The average Bonchev–Trinajstić information content (AvgIpc) is 2.75. The van der Waals surface area contributed by atoms with Gasteiger partial charge in [-0.1, -0.05) is 0 Å². The molecule has 1 saturated carbocycles. The number of nitrogens with zero attached hydrogens (tertiary/aromatic N) is 1. The van der Waals surface area contributed by atoms with E-state index in [1.807, 2.05) is 0 Å².